The Morgan fingerprint density at radius 3 is 2.58 bits per heavy atom. The van der Waals surface area contributed by atoms with Gasteiger partial charge in [0, 0.05) is 44.3 Å². The van der Waals surface area contributed by atoms with Gasteiger partial charge in [0.05, 0.1) is 25.5 Å². The first-order valence-corrected chi connectivity index (χ1v) is 12.2. The smallest absolute Gasteiger partial charge is 0.312 e. The van der Waals surface area contributed by atoms with Crippen LogP contribution in [0.2, 0.25) is 0 Å². The summed E-state index contributed by atoms with van der Waals surface area (Å²) < 4.78 is 29.4. The quantitative estimate of drug-likeness (QED) is 0.464. The van der Waals surface area contributed by atoms with E-state index in [1.165, 1.54) is 0 Å². The number of piperidine rings is 1. The van der Waals surface area contributed by atoms with E-state index in [1.54, 1.807) is 31.1 Å². The molecule has 4 aliphatic heterocycles. The highest BCUT2D eigenvalue weighted by Gasteiger charge is 2.46. The molecule has 9 heteroatoms. The molecule has 4 heterocycles. The van der Waals surface area contributed by atoms with Crippen LogP contribution in [0.4, 0.5) is 0 Å². The van der Waals surface area contributed by atoms with Gasteiger partial charge in [-0.05, 0) is 29.8 Å². The van der Waals surface area contributed by atoms with Crippen molar-refractivity contribution in [2.75, 3.05) is 33.4 Å². The van der Waals surface area contributed by atoms with E-state index < -0.39 is 11.5 Å². The maximum Gasteiger partial charge on any atom is 0.312 e. The summed E-state index contributed by atoms with van der Waals surface area (Å²) in [4.78, 5) is 39.6. The third-order valence-electron chi connectivity index (χ3n) is 7.57. The lowest BCUT2D eigenvalue weighted by atomic mass is 9.79. The molecule has 0 aromatic heterocycles. The van der Waals surface area contributed by atoms with E-state index in [9.17, 15) is 14.4 Å². The highest BCUT2D eigenvalue weighted by molar-refractivity contribution is 6.01. The fraction of sp³-hybridized carbons (Fsp3) is 0.444. The fourth-order valence-electron chi connectivity index (χ4n) is 5.69. The van der Waals surface area contributed by atoms with Crippen LogP contribution in [-0.2, 0) is 9.59 Å². The molecule has 0 N–H and O–H groups in total. The van der Waals surface area contributed by atoms with Crippen LogP contribution < -0.4 is 23.7 Å². The minimum atomic E-state index is -0.693. The number of likely N-dealkylation sites (tertiary alicyclic amines) is 1. The van der Waals surface area contributed by atoms with E-state index in [4.69, 9.17) is 23.7 Å². The first kappa shape index (κ1) is 22.7. The molecular weight excluding hydrogens is 466 g/mol. The molecule has 0 bridgehead atoms. The summed E-state index contributed by atoms with van der Waals surface area (Å²) in [6.07, 6.45) is 1.45. The van der Waals surface area contributed by atoms with Gasteiger partial charge in [-0.15, -0.1) is 0 Å². The lowest BCUT2D eigenvalue weighted by Crippen LogP contribution is -2.52. The van der Waals surface area contributed by atoms with Gasteiger partial charge in [0.1, 0.15) is 30.3 Å². The molecule has 9 nitrogen and oxygen atoms in total. The van der Waals surface area contributed by atoms with Gasteiger partial charge in [0.25, 0.3) is 0 Å². The Labute approximate surface area is 208 Å². The molecule has 6 rings (SSSR count). The third-order valence-corrected chi connectivity index (χ3v) is 7.57. The largest absolute Gasteiger partial charge is 0.493 e. The molecule has 2 aromatic carbocycles. The van der Waals surface area contributed by atoms with Gasteiger partial charge in [0.15, 0.2) is 17.3 Å². The number of Topliss-reactive ketones (excluding diaryl/α,β-unsaturated/α-hetero) is 1. The van der Waals surface area contributed by atoms with E-state index in [0.29, 0.717) is 79.0 Å². The molecule has 188 valence electrons. The maximum absolute atomic E-state index is 13.3. The Balaban J connectivity index is 1.45. The Hall–Kier alpha value is -3.75. The Morgan fingerprint density at radius 1 is 1.06 bits per heavy atom. The van der Waals surface area contributed by atoms with Gasteiger partial charge < -0.3 is 28.6 Å². The SMILES string of the molecule is COc1cc([C@H]2CC(=O)Oc3ccc4c(c32)OC2(CCN(C(C)=O)CC2)CC4=O)cc2c1OCCO2. The highest BCUT2D eigenvalue weighted by atomic mass is 16.6. The van der Waals surface area contributed by atoms with Gasteiger partial charge in [-0.2, -0.15) is 0 Å². The summed E-state index contributed by atoms with van der Waals surface area (Å²) in [7, 11) is 1.56. The monoisotopic (exact) mass is 493 g/mol. The lowest BCUT2D eigenvalue weighted by Gasteiger charge is -2.45. The van der Waals surface area contributed by atoms with Crippen molar-refractivity contribution in [3.8, 4) is 28.7 Å². The molecule has 36 heavy (non-hydrogen) atoms. The number of methoxy groups -OCH3 is 1. The number of ketones is 1. The van der Waals surface area contributed by atoms with Crippen LogP contribution in [-0.4, -0.2) is 61.6 Å². The third kappa shape index (κ3) is 3.65. The molecule has 0 radical (unpaired) electrons. The number of hydrogen-bond donors (Lipinski definition) is 0. The first-order chi connectivity index (χ1) is 17.4. The predicted molar refractivity (Wildman–Crippen MR) is 126 cm³/mol. The summed E-state index contributed by atoms with van der Waals surface area (Å²) in [6, 6.07) is 7.04. The van der Waals surface area contributed by atoms with Crippen LogP contribution in [0.25, 0.3) is 0 Å². The maximum atomic E-state index is 13.3. The number of nitrogens with zero attached hydrogens (tertiary/aromatic N) is 1. The zero-order valence-electron chi connectivity index (χ0n) is 20.3. The van der Waals surface area contributed by atoms with E-state index in [2.05, 4.69) is 0 Å². The van der Waals surface area contributed by atoms with Crippen LogP contribution in [0.1, 0.15) is 60.0 Å². The van der Waals surface area contributed by atoms with Crippen molar-refractivity contribution in [1.82, 2.24) is 4.90 Å². The first-order valence-electron chi connectivity index (χ1n) is 12.2. The van der Waals surface area contributed by atoms with E-state index in [1.807, 2.05) is 12.1 Å². The topological polar surface area (TPSA) is 101 Å². The number of esters is 1. The Bertz CT molecular complexity index is 1260. The summed E-state index contributed by atoms with van der Waals surface area (Å²) in [5.74, 6) is 1.65. The average Bonchev–Trinajstić information content (AvgIpc) is 2.87. The predicted octanol–water partition coefficient (Wildman–Crippen LogP) is 3.25. The molecule has 0 aliphatic carbocycles. The standard InChI is InChI=1S/C27H27NO8/c1-15(29)28-7-5-27(6-8-28)14-19(30)17-3-4-20-24(25(17)36-27)18(13-23(31)35-20)16-11-21(32-2)26-22(12-16)33-9-10-34-26/h3-4,11-12,18H,5-10,13-14H2,1-2H3/t18-/m1/s1. The number of hydrogen-bond acceptors (Lipinski definition) is 8. The molecule has 1 amide bonds. The Kier molecular flexibility index (Phi) is 5.31. The van der Waals surface area contributed by atoms with Crippen molar-refractivity contribution < 1.29 is 38.1 Å². The van der Waals surface area contributed by atoms with Crippen LogP contribution in [0, 0.1) is 0 Å². The van der Waals surface area contributed by atoms with Gasteiger partial charge in [-0.3, -0.25) is 14.4 Å². The molecule has 1 fully saturated rings. The van der Waals surface area contributed by atoms with Crippen molar-refractivity contribution in [3.63, 3.8) is 0 Å². The minimum Gasteiger partial charge on any atom is -0.493 e. The second-order valence-electron chi connectivity index (χ2n) is 9.72. The number of ether oxygens (including phenoxy) is 5. The van der Waals surface area contributed by atoms with Crippen LogP contribution in [0.3, 0.4) is 0 Å². The van der Waals surface area contributed by atoms with Crippen molar-refractivity contribution in [3.05, 3.63) is 41.0 Å². The molecule has 1 saturated heterocycles. The van der Waals surface area contributed by atoms with Gasteiger partial charge in [-0.25, -0.2) is 0 Å². The van der Waals surface area contributed by atoms with Gasteiger partial charge in [-0.1, -0.05) is 0 Å². The van der Waals surface area contributed by atoms with E-state index in [0.717, 1.165) is 5.56 Å². The second kappa shape index (κ2) is 8.43. The minimum absolute atomic E-state index is 0.00858. The number of carbonyl (C=O) groups excluding carboxylic acids is 3. The lowest BCUT2D eigenvalue weighted by molar-refractivity contribution is -0.135. The van der Waals surface area contributed by atoms with Gasteiger partial charge in [0.2, 0.25) is 11.7 Å². The fourth-order valence-corrected chi connectivity index (χ4v) is 5.69. The summed E-state index contributed by atoms with van der Waals surface area (Å²) in [5.41, 5.74) is 1.25. The summed E-state index contributed by atoms with van der Waals surface area (Å²) in [5, 5.41) is 0. The van der Waals surface area contributed by atoms with Crippen molar-refractivity contribution in [2.24, 2.45) is 0 Å². The van der Waals surface area contributed by atoms with Crippen molar-refractivity contribution >= 4 is 17.7 Å². The van der Waals surface area contributed by atoms with Crippen LogP contribution in [0.5, 0.6) is 28.7 Å². The Morgan fingerprint density at radius 2 is 1.83 bits per heavy atom. The van der Waals surface area contributed by atoms with E-state index >= 15 is 0 Å². The molecule has 1 spiro atoms. The number of benzene rings is 2. The number of fused-ring (bicyclic) bond motifs is 4. The van der Waals surface area contributed by atoms with Crippen LogP contribution in [0.15, 0.2) is 24.3 Å². The van der Waals surface area contributed by atoms with E-state index in [-0.39, 0.29) is 30.5 Å². The number of amides is 1. The van der Waals surface area contributed by atoms with Crippen LogP contribution >= 0.6 is 0 Å². The zero-order valence-corrected chi connectivity index (χ0v) is 20.3. The summed E-state index contributed by atoms with van der Waals surface area (Å²) in [6.45, 7) is 3.45. The molecule has 1 atom stereocenters. The highest BCUT2D eigenvalue weighted by Crippen LogP contribution is 2.52. The van der Waals surface area contributed by atoms with Gasteiger partial charge >= 0.3 is 5.97 Å². The second-order valence-corrected chi connectivity index (χ2v) is 9.72. The van der Waals surface area contributed by atoms with Crippen molar-refractivity contribution in [1.29, 1.82) is 0 Å². The number of carbonyl (C=O) groups is 3. The molecular formula is C27H27NO8. The normalized spacial score (nSPS) is 21.7. The molecule has 4 aliphatic rings. The zero-order chi connectivity index (χ0) is 25.0. The number of rotatable bonds is 2. The van der Waals surface area contributed by atoms with Crippen molar-refractivity contribution in [2.45, 2.75) is 44.1 Å². The molecule has 0 saturated carbocycles. The average molecular weight is 494 g/mol. The summed E-state index contributed by atoms with van der Waals surface area (Å²) >= 11 is 0. The molecule has 2 aromatic rings. The molecule has 0 unspecified atom stereocenters.